The Morgan fingerprint density at radius 3 is 2.21 bits per heavy atom. The first-order valence-electron chi connectivity index (χ1n) is 5.20. The lowest BCUT2D eigenvalue weighted by atomic mass is 9.86. The quantitative estimate of drug-likeness (QED) is 0.799. The van der Waals surface area contributed by atoms with Crippen LogP contribution in [0.15, 0.2) is 18.3 Å². The zero-order valence-electron chi connectivity index (χ0n) is 9.49. The average Bonchev–Trinajstić information content (AvgIpc) is 2.07. The molecule has 14 heavy (non-hydrogen) atoms. The fourth-order valence-electron chi connectivity index (χ4n) is 1.89. The van der Waals surface area contributed by atoms with E-state index in [1.807, 2.05) is 20.0 Å². The van der Waals surface area contributed by atoms with Gasteiger partial charge in [0.25, 0.3) is 0 Å². The van der Waals surface area contributed by atoms with Crippen molar-refractivity contribution in [2.45, 2.75) is 39.7 Å². The van der Waals surface area contributed by atoms with Crippen molar-refractivity contribution >= 4 is 0 Å². The monoisotopic (exact) mass is 192 g/mol. The van der Waals surface area contributed by atoms with E-state index in [0.29, 0.717) is 11.8 Å². The zero-order valence-corrected chi connectivity index (χ0v) is 9.49. The molecule has 2 nitrogen and oxygen atoms in total. The van der Waals surface area contributed by atoms with Crippen LogP contribution >= 0.6 is 0 Å². The maximum Gasteiger partial charge on any atom is 0.0452 e. The fraction of sp³-hybridized carbons (Fsp3) is 0.583. The first-order chi connectivity index (χ1) is 6.52. The normalized spacial score (nSPS) is 15.6. The van der Waals surface area contributed by atoms with Crippen LogP contribution < -0.4 is 5.73 Å². The van der Waals surface area contributed by atoms with Crippen LogP contribution in [0.5, 0.6) is 0 Å². The molecular formula is C12H20N2. The molecule has 0 spiro atoms. The van der Waals surface area contributed by atoms with Crippen molar-refractivity contribution in [3.63, 3.8) is 0 Å². The molecule has 1 rings (SSSR count). The molecule has 0 saturated heterocycles. The van der Waals surface area contributed by atoms with Crippen LogP contribution in [0.25, 0.3) is 0 Å². The Labute approximate surface area is 86.5 Å². The van der Waals surface area contributed by atoms with Gasteiger partial charge in [0.05, 0.1) is 0 Å². The van der Waals surface area contributed by atoms with E-state index in [1.54, 1.807) is 0 Å². The fourth-order valence-corrected chi connectivity index (χ4v) is 1.89. The molecule has 0 aliphatic carbocycles. The number of aryl methyl sites for hydroxylation is 1. The van der Waals surface area contributed by atoms with Gasteiger partial charge in [0.1, 0.15) is 0 Å². The number of aromatic nitrogens is 1. The molecule has 2 atom stereocenters. The van der Waals surface area contributed by atoms with Crippen LogP contribution in [0, 0.1) is 12.8 Å². The van der Waals surface area contributed by atoms with Crippen molar-refractivity contribution < 1.29 is 0 Å². The second kappa shape index (κ2) is 4.56. The second-order valence-corrected chi connectivity index (χ2v) is 4.39. The minimum absolute atomic E-state index is 0.158. The topological polar surface area (TPSA) is 38.9 Å². The molecule has 0 aromatic carbocycles. The van der Waals surface area contributed by atoms with Gasteiger partial charge in [0.15, 0.2) is 0 Å². The number of hydrogen-bond acceptors (Lipinski definition) is 2. The summed E-state index contributed by atoms with van der Waals surface area (Å²) in [6, 6.07) is 4.34. The molecule has 0 bridgehead atoms. The molecule has 0 saturated carbocycles. The lowest BCUT2D eigenvalue weighted by Gasteiger charge is -2.24. The van der Waals surface area contributed by atoms with Gasteiger partial charge in [-0.1, -0.05) is 19.9 Å². The minimum atomic E-state index is 0.158. The lowest BCUT2D eigenvalue weighted by molar-refractivity contribution is 0.427. The summed E-state index contributed by atoms with van der Waals surface area (Å²) in [7, 11) is 0. The second-order valence-electron chi connectivity index (χ2n) is 4.39. The number of nitrogens with zero attached hydrogens (tertiary/aromatic N) is 1. The highest BCUT2D eigenvalue weighted by atomic mass is 14.7. The van der Waals surface area contributed by atoms with Crippen molar-refractivity contribution in [1.82, 2.24) is 4.98 Å². The average molecular weight is 192 g/mol. The molecule has 0 aliphatic heterocycles. The SMILES string of the molecule is Cc1ccc(C(C(C)C)C(C)N)nc1. The van der Waals surface area contributed by atoms with Crippen LogP contribution in [0.3, 0.4) is 0 Å². The first kappa shape index (κ1) is 11.2. The zero-order chi connectivity index (χ0) is 10.7. The van der Waals surface area contributed by atoms with Gasteiger partial charge in [-0.3, -0.25) is 4.98 Å². The molecule has 0 aliphatic rings. The van der Waals surface area contributed by atoms with E-state index in [4.69, 9.17) is 5.73 Å². The van der Waals surface area contributed by atoms with Crippen LogP contribution in [0.1, 0.15) is 37.9 Å². The summed E-state index contributed by atoms with van der Waals surface area (Å²) in [5.41, 5.74) is 8.27. The third kappa shape index (κ3) is 2.55. The van der Waals surface area contributed by atoms with Gasteiger partial charge in [-0.2, -0.15) is 0 Å². The molecule has 0 amide bonds. The van der Waals surface area contributed by atoms with E-state index in [9.17, 15) is 0 Å². The number of rotatable bonds is 3. The molecule has 1 heterocycles. The Hall–Kier alpha value is -0.890. The van der Waals surface area contributed by atoms with Crippen LogP contribution in [-0.4, -0.2) is 11.0 Å². The maximum absolute atomic E-state index is 5.97. The van der Waals surface area contributed by atoms with E-state index in [0.717, 1.165) is 5.69 Å². The smallest absolute Gasteiger partial charge is 0.0452 e. The van der Waals surface area contributed by atoms with E-state index in [-0.39, 0.29) is 6.04 Å². The molecule has 2 N–H and O–H groups in total. The molecular weight excluding hydrogens is 172 g/mol. The van der Waals surface area contributed by atoms with Gasteiger partial charge < -0.3 is 5.73 Å². The van der Waals surface area contributed by atoms with Gasteiger partial charge in [-0.15, -0.1) is 0 Å². The van der Waals surface area contributed by atoms with Gasteiger partial charge in [-0.25, -0.2) is 0 Å². The predicted octanol–water partition coefficient (Wildman–Crippen LogP) is 2.48. The minimum Gasteiger partial charge on any atom is -0.327 e. The maximum atomic E-state index is 5.97. The summed E-state index contributed by atoms with van der Waals surface area (Å²) < 4.78 is 0. The third-order valence-electron chi connectivity index (χ3n) is 2.56. The summed E-state index contributed by atoms with van der Waals surface area (Å²) in [5, 5.41) is 0. The van der Waals surface area contributed by atoms with Gasteiger partial charge in [0.2, 0.25) is 0 Å². The molecule has 1 aromatic rings. The predicted molar refractivity (Wildman–Crippen MR) is 60.2 cm³/mol. The molecule has 0 fully saturated rings. The summed E-state index contributed by atoms with van der Waals surface area (Å²) >= 11 is 0. The van der Waals surface area contributed by atoms with Crippen LogP contribution in [0.2, 0.25) is 0 Å². The van der Waals surface area contributed by atoms with Crippen molar-refractivity contribution in [2.75, 3.05) is 0 Å². The van der Waals surface area contributed by atoms with Crippen molar-refractivity contribution in [3.05, 3.63) is 29.6 Å². The number of pyridine rings is 1. The molecule has 78 valence electrons. The number of nitrogens with two attached hydrogens (primary N) is 1. The van der Waals surface area contributed by atoms with E-state index in [2.05, 4.69) is 31.0 Å². The van der Waals surface area contributed by atoms with E-state index < -0.39 is 0 Å². The van der Waals surface area contributed by atoms with Crippen LogP contribution in [-0.2, 0) is 0 Å². The summed E-state index contributed by atoms with van der Waals surface area (Å²) in [5.74, 6) is 0.890. The Bertz CT molecular complexity index is 267. The van der Waals surface area contributed by atoms with E-state index >= 15 is 0 Å². The highest BCUT2D eigenvalue weighted by molar-refractivity contribution is 5.17. The van der Waals surface area contributed by atoms with Crippen molar-refractivity contribution in [2.24, 2.45) is 11.7 Å². The molecule has 1 aromatic heterocycles. The summed E-state index contributed by atoms with van der Waals surface area (Å²) in [6.45, 7) is 8.48. The highest BCUT2D eigenvalue weighted by Crippen LogP contribution is 2.25. The Morgan fingerprint density at radius 2 is 1.86 bits per heavy atom. The summed E-state index contributed by atoms with van der Waals surface area (Å²) in [4.78, 5) is 4.44. The summed E-state index contributed by atoms with van der Waals surface area (Å²) in [6.07, 6.45) is 1.91. The van der Waals surface area contributed by atoms with Crippen molar-refractivity contribution in [3.8, 4) is 0 Å². The van der Waals surface area contributed by atoms with E-state index in [1.165, 1.54) is 5.56 Å². The Kier molecular flexibility index (Phi) is 3.64. The third-order valence-corrected chi connectivity index (χ3v) is 2.56. The largest absolute Gasteiger partial charge is 0.327 e. The standard InChI is InChI=1S/C12H20N2/c1-8(2)12(10(4)13)11-6-5-9(3)7-14-11/h5-8,10,12H,13H2,1-4H3. The molecule has 2 unspecified atom stereocenters. The first-order valence-corrected chi connectivity index (χ1v) is 5.20. The Balaban J connectivity index is 2.94. The Morgan fingerprint density at radius 1 is 1.21 bits per heavy atom. The van der Waals surface area contributed by atoms with Gasteiger partial charge >= 0.3 is 0 Å². The van der Waals surface area contributed by atoms with Crippen LogP contribution in [0.4, 0.5) is 0 Å². The number of hydrogen-bond donors (Lipinski definition) is 1. The molecule has 0 radical (unpaired) electrons. The highest BCUT2D eigenvalue weighted by Gasteiger charge is 2.20. The van der Waals surface area contributed by atoms with Gasteiger partial charge in [0, 0.05) is 23.9 Å². The van der Waals surface area contributed by atoms with Gasteiger partial charge in [-0.05, 0) is 31.4 Å². The molecule has 2 heteroatoms. The lowest BCUT2D eigenvalue weighted by Crippen LogP contribution is -2.29. The van der Waals surface area contributed by atoms with Crippen molar-refractivity contribution in [1.29, 1.82) is 0 Å².